The molecule has 0 spiro atoms. The van der Waals surface area contributed by atoms with Gasteiger partial charge in [-0.1, -0.05) is 0 Å². The fourth-order valence-corrected chi connectivity index (χ4v) is 2.56. The minimum Gasteiger partial charge on any atom is -0.378 e. The maximum absolute atomic E-state index is 12.9. The summed E-state index contributed by atoms with van der Waals surface area (Å²) in [4.78, 5) is 35.2. The van der Waals surface area contributed by atoms with Gasteiger partial charge in [0.05, 0.1) is 12.2 Å². The molecule has 140 valence electrons. The molecule has 0 fully saturated rings. The van der Waals surface area contributed by atoms with Gasteiger partial charge in [0.15, 0.2) is 11.3 Å². The quantitative estimate of drug-likeness (QED) is 0.738. The Balaban J connectivity index is 2.17. The van der Waals surface area contributed by atoms with Crippen molar-refractivity contribution in [3.63, 3.8) is 0 Å². The summed E-state index contributed by atoms with van der Waals surface area (Å²) in [6.45, 7) is -0.859. The van der Waals surface area contributed by atoms with Crippen molar-refractivity contribution < 1.29 is 13.6 Å². The van der Waals surface area contributed by atoms with Crippen molar-refractivity contribution in [3.05, 3.63) is 58.6 Å². The zero-order valence-electron chi connectivity index (χ0n) is 14.7. The summed E-state index contributed by atoms with van der Waals surface area (Å²) < 4.78 is 26.0. The summed E-state index contributed by atoms with van der Waals surface area (Å²) in [5.74, 6) is -0.954. The number of hydrogen-bond acceptors (Lipinski definition) is 5. The molecule has 27 heavy (non-hydrogen) atoms. The number of alkyl halides is 2. The predicted molar refractivity (Wildman–Crippen MR) is 97.8 cm³/mol. The van der Waals surface area contributed by atoms with E-state index in [1.165, 1.54) is 10.8 Å². The van der Waals surface area contributed by atoms with Gasteiger partial charge in [0.25, 0.3) is 17.9 Å². The molecule has 2 aromatic heterocycles. The normalized spacial score (nSPS) is 11.0. The molecule has 0 aliphatic heterocycles. The Morgan fingerprint density at radius 1 is 1.22 bits per heavy atom. The summed E-state index contributed by atoms with van der Waals surface area (Å²) in [6, 6.07) is 10.3. The Morgan fingerprint density at radius 3 is 2.56 bits per heavy atom. The number of rotatable bonds is 5. The smallest absolute Gasteiger partial charge is 0.288 e. The van der Waals surface area contributed by atoms with Crippen LogP contribution in [0.1, 0.15) is 10.5 Å². The second-order valence-corrected chi connectivity index (χ2v) is 5.96. The van der Waals surface area contributed by atoms with E-state index in [1.807, 2.05) is 36.4 Å². The van der Waals surface area contributed by atoms with E-state index in [1.54, 1.807) is 24.3 Å². The summed E-state index contributed by atoms with van der Waals surface area (Å²) >= 11 is 0. The van der Waals surface area contributed by atoms with Gasteiger partial charge in [-0.3, -0.25) is 14.2 Å². The lowest BCUT2D eigenvalue weighted by Crippen LogP contribution is -2.36. The number of fused-ring (bicyclic) bond motifs is 1. The van der Waals surface area contributed by atoms with Crippen LogP contribution in [0.25, 0.3) is 16.9 Å². The molecular formula is C18H17F2N5O2. The van der Waals surface area contributed by atoms with Crippen LogP contribution in [0.5, 0.6) is 0 Å². The summed E-state index contributed by atoms with van der Waals surface area (Å²) in [5, 5.41) is 2.01. The third kappa shape index (κ3) is 3.76. The van der Waals surface area contributed by atoms with Gasteiger partial charge >= 0.3 is 0 Å². The van der Waals surface area contributed by atoms with Crippen molar-refractivity contribution in [2.45, 2.75) is 6.43 Å². The number of nitrogens with zero attached hydrogens (tertiary/aromatic N) is 4. The number of nitrogens with one attached hydrogen (secondary N) is 1. The fraction of sp³-hybridized carbons (Fsp3) is 0.222. The topological polar surface area (TPSA) is 80.1 Å². The second kappa shape index (κ2) is 7.48. The number of carbonyl (C=O) groups is 1. The van der Waals surface area contributed by atoms with Crippen molar-refractivity contribution >= 4 is 22.8 Å². The van der Waals surface area contributed by atoms with Gasteiger partial charge in [-0.25, -0.2) is 18.7 Å². The first-order valence-electron chi connectivity index (χ1n) is 8.10. The zero-order valence-corrected chi connectivity index (χ0v) is 14.7. The molecule has 1 aromatic carbocycles. The molecule has 3 aromatic rings. The molecule has 2 heterocycles. The summed E-state index contributed by atoms with van der Waals surface area (Å²) in [5.41, 5.74) is 0.785. The monoisotopic (exact) mass is 373 g/mol. The predicted octanol–water partition coefficient (Wildman–Crippen LogP) is 1.84. The van der Waals surface area contributed by atoms with Gasteiger partial charge in [-0.2, -0.15) is 0 Å². The number of halogens is 2. The number of anilines is 1. The summed E-state index contributed by atoms with van der Waals surface area (Å²) in [7, 11) is 3.77. The number of aromatic nitrogens is 3. The third-order valence-corrected chi connectivity index (χ3v) is 3.87. The van der Waals surface area contributed by atoms with Crippen molar-refractivity contribution in [3.8, 4) is 5.69 Å². The maximum atomic E-state index is 12.9. The van der Waals surface area contributed by atoms with E-state index in [4.69, 9.17) is 0 Å². The van der Waals surface area contributed by atoms with E-state index in [0.29, 0.717) is 11.2 Å². The Labute approximate surface area is 153 Å². The highest BCUT2D eigenvalue weighted by Gasteiger charge is 2.20. The minimum absolute atomic E-state index is 0.269. The highest BCUT2D eigenvalue weighted by Crippen LogP contribution is 2.17. The van der Waals surface area contributed by atoms with Crippen molar-refractivity contribution in [2.24, 2.45) is 0 Å². The number of benzene rings is 1. The summed E-state index contributed by atoms with van der Waals surface area (Å²) in [6.07, 6.45) is -1.22. The molecule has 0 aliphatic carbocycles. The highest BCUT2D eigenvalue weighted by molar-refractivity contribution is 5.93. The average molecular weight is 373 g/mol. The first kappa shape index (κ1) is 18.4. The van der Waals surface area contributed by atoms with Gasteiger partial charge in [-0.15, -0.1) is 0 Å². The molecule has 7 nitrogen and oxygen atoms in total. The van der Waals surface area contributed by atoms with Crippen LogP contribution in [0, 0.1) is 0 Å². The number of amides is 1. The molecule has 0 atom stereocenters. The number of pyridine rings is 1. The highest BCUT2D eigenvalue weighted by atomic mass is 19.3. The minimum atomic E-state index is -2.73. The van der Waals surface area contributed by atoms with E-state index in [-0.39, 0.29) is 5.65 Å². The fourth-order valence-electron chi connectivity index (χ4n) is 2.56. The van der Waals surface area contributed by atoms with Crippen molar-refractivity contribution in [1.29, 1.82) is 0 Å². The molecule has 0 bridgehead atoms. The standard InChI is InChI=1S/C18H17F2N5O2/c1-24(2)11-5-7-12(8-6-11)25-16-13(4-3-9-21-16)23-15(18(25)27)17(26)22-10-14(19)20/h3-9,14H,10H2,1-2H3,(H,22,26). The van der Waals surface area contributed by atoms with Crippen LogP contribution in [0.2, 0.25) is 0 Å². The second-order valence-electron chi connectivity index (χ2n) is 5.96. The molecule has 1 N–H and O–H groups in total. The lowest BCUT2D eigenvalue weighted by molar-refractivity contribution is 0.0885. The number of carbonyl (C=O) groups excluding carboxylic acids is 1. The van der Waals surface area contributed by atoms with E-state index >= 15 is 0 Å². The van der Waals surface area contributed by atoms with Gasteiger partial charge in [-0.05, 0) is 36.4 Å². The molecular weight excluding hydrogens is 356 g/mol. The van der Waals surface area contributed by atoms with Gasteiger partial charge in [0.1, 0.15) is 5.52 Å². The Kier molecular flexibility index (Phi) is 5.11. The lowest BCUT2D eigenvalue weighted by Gasteiger charge is -2.15. The molecule has 3 rings (SSSR count). The lowest BCUT2D eigenvalue weighted by atomic mass is 10.2. The van der Waals surface area contributed by atoms with Crippen LogP contribution >= 0.6 is 0 Å². The first-order valence-corrected chi connectivity index (χ1v) is 8.10. The largest absolute Gasteiger partial charge is 0.378 e. The van der Waals surface area contributed by atoms with Crippen LogP contribution in [0.3, 0.4) is 0 Å². The van der Waals surface area contributed by atoms with Crippen LogP contribution in [0.15, 0.2) is 47.4 Å². The Morgan fingerprint density at radius 2 is 1.93 bits per heavy atom. The molecule has 9 heteroatoms. The van der Waals surface area contributed by atoms with E-state index in [0.717, 1.165) is 5.69 Å². The van der Waals surface area contributed by atoms with Crippen LogP contribution in [0.4, 0.5) is 14.5 Å². The average Bonchev–Trinajstić information content (AvgIpc) is 2.65. The first-order chi connectivity index (χ1) is 12.9. The molecule has 0 unspecified atom stereocenters. The van der Waals surface area contributed by atoms with Crippen LogP contribution in [-0.2, 0) is 0 Å². The van der Waals surface area contributed by atoms with E-state index in [2.05, 4.69) is 9.97 Å². The van der Waals surface area contributed by atoms with Gasteiger partial charge in [0, 0.05) is 26.0 Å². The van der Waals surface area contributed by atoms with Crippen LogP contribution in [-0.4, -0.2) is 47.5 Å². The van der Waals surface area contributed by atoms with Crippen molar-refractivity contribution in [1.82, 2.24) is 19.9 Å². The Bertz CT molecular complexity index is 1030. The van der Waals surface area contributed by atoms with Gasteiger partial charge < -0.3 is 10.2 Å². The Hall–Kier alpha value is -3.36. The zero-order chi connectivity index (χ0) is 19.6. The molecule has 0 radical (unpaired) electrons. The maximum Gasteiger partial charge on any atom is 0.288 e. The van der Waals surface area contributed by atoms with Gasteiger partial charge in [0.2, 0.25) is 0 Å². The van der Waals surface area contributed by atoms with E-state index in [9.17, 15) is 18.4 Å². The number of hydrogen-bond donors (Lipinski definition) is 1. The van der Waals surface area contributed by atoms with Crippen molar-refractivity contribution in [2.75, 3.05) is 25.5 Å². The molecule has 0 aliphatic rings. The molecule has 1 amide bonds. The van der Waals surface area contributed by atoms with E-state index < -0.39 is 30.1 Å². The molecule has 0 saturated heterocycles. The molecule has 0 saturated carbocycles. The third-order valence-electron chi connectivity index (χ3n) is 3.87. The SMILES string of the molecule is CN(C)c1ccc(-n2c(=O)c(C(=O)NCC(F)F)nc3cccnc32)cc1. The van der Waals surface area contributed by atoms with Crippen LogP contribution < -0.4 is 15.8 Å².